The molecule has 1 N–H and O–H groups in total. The highest BCUT2D eigenvalue weighted by molar-refractivity contribution is 5.20. The fourth-order valence-corrected chi connectivity index (χ4v) is 2.90. The van der Waals surface area contributed by atoms with E-state index in [1.54, 1.807) is 0 Å². The van der Waals surface area contributed by atoms with Gasteiger partial charge < -0.3 is 9.73 Å². The van der Waals surface area contributed by atoms with Crippen LogP contribution in [0.1, 0.15) is 44.8 Å². The standard InChI is InChI=1S/C17H31N3O/c1-6-18-12-15-11-16(21-14(15)2)13-19-7-9-20(10-8-19)17(3,4)5/h11,18H,6-10,12-13H2,1-5H3. The van der Waals surface area contributed by atoms with Crippen LogP contribution in [0.25, 0.3) is 0 Å². The van der Waals surface area contributed by atoms with E-state index >= 15 is 0 Å². The van der Waals surface area contributed by atoms with Gasteiger partial charge in [0.05, 0.1) is 6.54 Å². The molecule has 0 aliphatic carbocycles. The van der Waals surface area contributed by atoms with E-state index in [-0.39, 0.29) is 5.54 Å². The molecule has 0 amide bonds. The molecule has 0 spiro atoms. The Morgan fingerprint density at radius 1 is 1.19 bits per heavy atom. The lowest BCUT2D eigenvalue weighted by Crippen LogP contribution is -2.53. The first-order chi connectivity index (χ1) is 9.90. The molecule has 1 aromatic heterocycles. The Hall–Kier alpha value is -0.840. The quantitative estimate of drug-likeness (QED) is 0.904. The molecule has 2 rings (SSSR count). The van der Waals surface area contributed by atoms with Gasteiger partial charge in [0.1, 0.15) is 11.5 Å². The SMILES string of the molecule is CCNCc1cc(CN2CCN(C(C)(C)C)CC2)oc1C. The smallest absolute Gasteiger partial charge is 0.118 e. The van der Waals surface area contributed by atoms with E-state index < -0.39 is 0 Å². The number of nitrogens with zero attached hydrogens (tertiary/aromatic N) is 2. The average Bonchev–Trinajstić information content (AvgIpc) is 2.76. The molecule has 21 heavy (non-hydrogen) atoms. The van der Waals surface area contributed by atoms with Crippen molar-refractivity contribution < 1.29 is 4.42 Å². The van der Waals surface area contributed by atoms with Crippen molar-refractivity contribution in [3.05, 3.63) is 23.2 Å². The number of aryl methyl sites for hydroxylation is 1. The fraction of sp³-hybridized carbons (Fsp3) is 0.765. The van der Waals surface area contributed by atoms with Crippen LogP contribution in [0.4, 0.5) is 0 Å². The Morgan fingerprint density at radius 3 is 2.43 bits per heavy atom. The highest BCUT2D eigenvalue weighted by Crippen LogP contribution is 2.19. The molecule has 1 aliphatic heterocycles. The number of nitrogens with one attached hydrogen (secondary N) is 1. The third-order valence-electron chi connectivity index (χ3n) is 4.34. The molecule has 1 fully saturated rings. The van der Waals surface area contributed by atoms with Crippen LogP contribution in [0.2, 0.25) is 0 Å². The summed E-state index contributed by atoms with van der Waals surface area (Å²) >= 11 is 0. The maximum absolute atomic E-state index is 5.91. The van der Waals surface area contributed by atoms with E-state index in [1.807, 2.05) is 0 Å². The van der Waals surface area contributed by atoms with Crippen molar-refractivity contribution in [3.63, 3.8) is 0 Å². The van der Waals surface area contributed by atoms with Crippen LogP contribution in [0.3, 0.4) is 0 Å². The van der Waals surface area contributed by atoms with Crippen LogP contribution in [0.15, 0.2) is 10.5 Å². The number of piperazine rings is 1. The Bertz CT molecular complexity index is 439. The van der Waals surface area contributed by atoms with Crippen LogP contribution in [0.5, 0.6) is 0 Å². The zero-order valence-corrected chi connectivity index (χ0v) is 14.3. The molecule has 1 aromatic rings. The second kappa shape index (κ2) is 6.95. The molecule has 4 heteroatoms. The third-order valence-corrected chi connectivity index (χ3v) is 4.34. The van der Waals surface area contributed by atoms with Crippen molar-refractivity contribution in [1.29, 1.82) is 0 Å². The van der Waals surface area contributed by atoms with E-state index in [2.05, 4.69) is 55.8 Å². The molecule has 0 radical (unpaired) electrons. The van der Waals surface area contributed by atoms with Crippen LogP contribution in [-0.2, 0) is 13.1 Å². The molecule has 0 bridgehead atoms. The zero-order chi connectivity index (χ0) is 15.5. The van der Waals surface area contributed by atoms with Gasteiger partial charge in [0.15, 0.2) is 0 Å². The monoisotopic (exact) mass is 293 g/mol. The summed E-state index contributed by atoms with van der Waals surface area (Å²) in [4.78, 5) is 5.06. The fourth-order valence-electron chi connectivity index (χ4n) is 2.90. The molecule has 0 atom stereocenters. The van der Waals surface area contributed by atoms with E-state index in [0.717, 1.165) is 57.3 Å². The van der Waals surface area contributed by atoms with Gasteiger partial charge in [-0.2, -0.15) is 0 Å². The van der Waals surface area contributed by atoms with Crippen LogP contribution < -0.4 is 5.32 Å². The predicted molar refractivity (Wildman–Crippen MR) is 87.4 cm³/mol. The van der Waals surface area contributed by atoms with Gasteiger partial charge in [0, 0.05) is 43.8 Å². The summed E-state index contributed by atoms with van der Waals surface area (Å²) in [7, 11) is 0. The summed E-state index contributed by atoms with van der Waals surface area (Å²) in [5.74, 6) is 2.16. The zero-order valence-electron chi connectivity index (χ0n) is 14.3. The van der Waals surface area contributed by atoms with Gasteiger partial charge >= 0.3 is 0 Å². The Kier molecular flexibility index (Phi) is 5.47. The Labute approximate surface area is 129 Å². The molecule has 4 nitrogen and oxygen atoms in total. The molecule has 1 saturated heterocycles. The molecular formula is C17H31N3O. The topological polar surface area (TPSA) is 31.6 Å². The molecule has 0 unspecified atom stereocenters. The first-order valence-corrected chi connectivity index (χ1v) is 8.16. The van der Waals surface area contributed by atoms with E-state index in [1.165, 1.54) is 5.56 Å². The average molecular weight is 293 g/mol. The maximum atomic E-state index is 5.91. The first kappa shape index (κ1) is 16.5. The van der Waals surface area contributed by atoms with Crippen molar-refractivity contribution in [2.24, 2.45) is 0 Å². The van der Waals surface area contributed by atoms with Gasteiger partial charge in [-0.25, -0.2) is 0 Å². The number of hydrogen-bond acceptors (Lipinski definition) is 4. The third kappa shape index (κ3) is 4.56. The molecule has 1 aliphatic rings. The normalized spacial score (nSPS) is 18.3. The van der Waals surface area contributed by atoms with Crippen molar-refractivity contribution in [2.75, 3.05) is 32.7 Å². The summed E-state index contributed by atoms with van der Waals surface area (Å²) < 4.78 is 5.91. The minimum Gasteiger partial charge on any atom is -0.465 e. The molecule has 2 heterocycles. The minimum atomic E-state index is 0.284. The first-order valence-electron chi connectivity index (χ1n) is 8.16. The number of furan rings is 1. The second-order valence-electron chi connectivity index (χ2n) is 7.01. The Balaban J connectivity index is 1.86. The second-order valence-corrected chi connectivity index (χ2v) is 7.01. The summed E-state index contributed by atoms with van der Waals surface area (Å²) in [6, 6.07) is 2.22. The lowest BCUT2D eigenvalue weighted by atomic mass is 10.0. The van der Waals surface area contributed by atoms with Crippen molar-refractivity contribution in [1.82, 2.24) is 15.1 Å². The predicted octanol–water partition coefficient (Wildman–Crippen LogP) is 2.61. The van der Waals surface area contributed by atoms with Gasteiger partial charge in [-0.05, 0) is 40.3 Å². The molecule has 0 saturated carbocycles. The maximum Gasteiger partial charge on any atom is 0.118 e. The number of hydrogen-bond donors (Lipinski definition) is 1. The van der Waals surface area contributed by atoms with Gasteiger partial charge in [-0.3, -0.25) is 9.80 Å². The van der Waals surface area contributed by atoms with Gasteiger partial charge in [-0.1, -0.05) is 6.92 Å². The largest absolute Gasteiger partial charge is 0.465 e. The lowest BCUT2D eigenvalue weighted by molar-refractivity contribution is 0.0561. The Morgan fingerprint density at radius 2 is 1.86 bits per heavy atom. The van der Waals surface area contributed by atoms with Crippen LogP contribution >= 0.6 is 0 Å². The van der Waals surface area contributed by atoms with E-state index in [0.29, 0.717) is 0 Å². The van der Waals surface area contributed by atoms with Crippen molar-refractivity contribution in [2.45, 2.75) is 53.2 Å². The summed E-state index contributed by atoms with van der Waals surface area (Å²) in [5, 5.41) is 3.36. The van der Waals surface area contributed by atoms with Gasteiger partial charge in [-0.15, -0.1) is 0 Å². The summed E-state index contributed by atoms with van der Waals surface area (Å²) in [5.41, 5.74) is 1.58. The van der Waals surface area contributed by atoms with Gasteiger partial charge in [0.25, 0.3) is 0 Å². The van der Waals surface area contributed by atoms with Crippen LogP contribution in [-0.4, -0.2) is 48.1 Å². The molecular weight excluding hydrogens is 262 g/mol. The summed E-state index contributed by atoms with van der Waals surface area (Å²) in [6.45, 7) is 18.5. The highest BCUT2D eigenvalue weighted by Gasteiger charge is 2.26. The van der Waals surface area contributed by atoms with E-state index in [4.69, 9.17) is 4.42 Å². The van der Waals surface area contributed by atoms with E-state index in [9.17, 15) is 0 Å². The molecule has 120 valence electrons. The van der Waals surface area contributed by atoms with Crippen LogP contribution in [0, 0.1) is 6.92 Å². The van der Waals surface area contributed by atoms with Crippen molar-refractivity contribution >= 4 is 0 Å². The lowest BCUT2D eigenvalue weighted by Gasteiger charge is -2.42. The minimum absolute atomic E-state index is 0.284. The molecule has 0 aromatic carbocycles. The summed E-state index contributed by atoms with van der Waals surface area (Å²) in [6.07, 6.45) is 0. The van der Waals surface area contributed by atoms with Gasteiger partial charge in [0.2, 0.25) is 0 Å². The highest BCUT2D eigenvalue weighted by atomic mass is 16.3. The number of rotatable bonds is 5. The van der Waals surface area contributed by atoms with Crippen molar-refractivity contribution in [3.8, 4) is 0 Å².